The summed E-state index contributed by atoms with van der Waals surface area (Å²) >= 11 is 0. The highest BCUT2D eigenvalue weighted by Crippen LogP contribution is 2.06. The number of aldehydes is 1. The second-order valence-electron chi connectivity index (χ2n) is 7.80. The molecule has 0 unspecified atom stereocenters. The van der Waals surface area contributed by atoms with E-state index < -0.39 is 6.09 Å². The number of carbonyl (C=O) groups excluding carboxylic acids is 4. The summed E-state index contributed by atoms with van der Waals surface area (Å²) in [4.78, 5) is 45.6. The normalized spacial score (nSPS) is 10.9. The van der Waals surface area contributed by atoms with Gasteiger partial charge in [0.2, 0.25) is 5.91 Å². The third-order valence-electron chi connectivity index (χ3n) is 4.83. The van der Waals surface area contributed by atoms with Crippen LogP contribution in [0.1, 0.15) is 50.2 Å². The first-order valence-corrected chi connectivity index (χ1v) is 11.6. The van der Waals surface area contributed by atoms with Crippen molar-refractivity contribution in [3.63, 3.8) is 0 Å². The van der Waals surface area contributed by atoms with Gasteiger partial charge in [0.05, 0.1) is 13.2 Å². The number of amides is 2. The predicted molar refractivity (Wildman–Crippen MR) is 129 cm³/mol. The van der Waals surface area contributed by atoms with Gasteiger partial charge in [-0.3, -0.25) is 9.59 Å². The molecule has 0 aliphatic heterocycles. The molecule has 0 bridgehead atoms. The minimum Gasteiger partial charge on any atom is -0.449 e. The zero-order valence-electron chi connectivity index (χ0n) is 20.2. The van der Waals surface area contributed by atoms with E-state index in [0.29, 0.717) is 39.0 Å². The Kier molecular flexibility index (Phi) is 15.5. The van der Waals surface area contributed by atoms with E-state index in [0.717, 1.165) is 42.4 Å². The highest BCUT2D eigenvalue weighted by molar-refractivity contribution is 5.91. The molecule has 1 aromatic carbocycles. The molecule has 2 amide bonds. The third-order valence-corrected chi connectivity index (χ3v) is 4.83. The Morgan fingerprint density at radius 1 is 0.941 bits per heavy atom. The van der Waals surface area contributed by atoms with Crippen LogP contribution < -0.4 is 16.0 Å². The SMILES string of the molecule is CN/C(C)=C\C(=O)Cc1ccc(CNC(=O)COCCCOC(=O)NCCCCCC=O)cc1. The minimum atomic E-state index is -0.479. The molecular formula is C25H37N3O6. The first kappa shape index (κ1) is 28.8. The molecule has 0 spiro atoms. The molecule has 0 heterocycles. The summed E-state index contributed by atoms with van der Waals surface area (Å²) in [5.41, 5.74) is 2.66. The van der Waals surface area contributed by atoms with Crippen LogP contribution in [-0.4, -0.2) is 57.5 Å². The van der Waals surface area contributed by atoms with E-state index >= 15 is 0 Å². The first-order chi connectivity index (χ1) is 16.4. The number of ketones is 1. The van der Waals surface area contributed by atoms with E-state index in [-0.39, 0.29) is 24.9 Å². The Hall–Kier alpha value is -3.20. The lowest BCUT2D eigenvalue weighted by Gasteiger charge is -2.08. The van der Waals surface area contributed by atoms with Gasteiger partial charge in [-0.1, -0.05) is 30.7 Å². The number of benzene rings is 1. The molecule has 0 radical (unpaired) electrons. The second kappa shape index (κ2) is 18.3. The topological polar surface area (TPSA) is 123 Å². The van der Waals surface area contributed by atoms with Crippen molar-refractivity contribution < 1.29 is 28.7 Å². The summed E-state index contributed by atoms with van der Waals surface area (Å²) in [5, 5.41) is 8.35. The molecule has 34 heavy (non-hydrogen) atoms. The number of rotatable bonds is 18. The van der Waals surface area contributed by atoms with Crippen LogP contribution in [-0.2, 0) is 36.8 Å². The number of alkyl carbamates (subject to hydrolysis) is 1. The maximum atomic E-state index is 11.9. The van der Waals surface area contributed by atoms with Gasteiger partial charge in [-0.25, -0.2) is 4.79 Å². The van der Waals surface area contributed by atoms with Crippen LogP contribution in [0.2, 0.25) is 0 Å². The second-order valence-corrected chi connectivity index (χ2v) is 7.80. The molecular weight excluding hydrogens is 438 g/mol. The fraction of sp³-hybridized carbons (Fsp3) is 0.520. The number of allylic oxidation sites excluding steroid dienone is 2. The number of nitrogens with one attached hydrogen (secondary N) is 3. The Bertz CT molecular complexity index is 792. The number of hydrogen-bond acceptors (Lipinski definition) is 7. The zero-order valence-corrected chi connectivity index (χ0v) is 20.2. The van der Waals surface area contributed by atoms with Gasteiger partial charge < -0.3 is 30.2 Å². The molecule has 1 rings (SSSR count). The van der Waals surface area contributed by atoms with Gasteiger partial charge in [-0.2, -0.15) is 0 Å². The van der Waals surface area contributed by atoms with Gasteiger partial charge in [0.1, 0.15) is 12.9 Å². The molecule has 0 saturated carbocycles. The third kappa shape index (κ3) is 14.8. The summed E-state index contributed by atoms with van der Waals surface area (Å²) in [5.74, 6) is -0.210. The van der Waals surface area contributed by atoms with Crippen LogP contribution in [0.3, 0.4) is 0 Å². The maximum absolute atomic E-state index is 11.9. The molecule has 0 fully saturated rings. The molecule has 0 aromatic heterocycles. The van der Waals surface area contributed by atoms with E-state index in [1.807, 2.05) is 31.2 Å². The largest absolute Gasteiger partial charge is 0.449 e. The number of hydrogen-bond donors (Lipinski definition) is 3. The average Bonchev–Trinajstić information content (AvgIpc) is 2.82. The van der Waals surface area contributed by atoms with Crippen LogP contribution in [0.15, 0.2) is 36.0 Å². The number of unbranched alkanes of at least 4 members (excludes halogenated alkanes) is 3. The molecule has 0 saturated heterocycles. The van der Waals surface area contributed by atoms with Crippen molar-refractivity contribution in [3.05, 3.63) is 47.2 Å². The standard InChI is InChI=1S/C25H37N3O6/c1-20(26-2)16-23(30)17-21-8-10-22(11-9-21)18-28-24(31)19-33-14-7-15-34-25(32)27-12-5-3-4-6-13-29/h8-11,13,16,26H,3-7,12,14-15,17-19H2,1-2H3,(H,27,32)(H,28,31)/b20-16-. The van der Waals surface area contributed by atoms with Crippen molar-refractivity contribution in [2.24, 2.45) is 0 Å². The van der Waals surface area contributed by atoms with Gasteiger partial charge >= 0.3 is 6.09 Å². The monoisotopic (exact) mass is 475 g/mol. The molecule has 9 nitrogen and oxygen atoms in total. The molecule has 0 aliphatic carbocycles. The molecule has 0 atom stereocenters. The lowest BCUT2D eigenvalue weighted by Crippen LogP contribution is -2.28. The average molecular weight is 476 g/mol. The van der Waals surface area contributed by atoms with E-state index in [1.54, 1.807) is 13.1 Å². The van der Waals surface area contributed by atoms with E-state index in [4.69, 9.17) is 9.47 Å². The van der Waals surface area contributed by atoms with Crippen molar-refractivity contribution in [1.82, 2.24) is 16.0 Å². The number of carbonyl (C=O) groups is 4. The van der Waals surface area contributed by atoms with Gasteiger partial charge in [0.25, 0.3) is 0 Å². The summed E-state index contributed by atoms with van der Waals surface area (Å²) in [6.07, 6.45) is 5.88. The lowest BCUT2D eigenvalue weighted by molar-refractivity contribution is -0.126. The highest BCUT2D eigenvalue weighted by Gasteiger charge is 2.05. The molecule has 188 valence electrons. The molecule has 3 N–H and O–H groups in total. The van der Waals surface area contributed by atoms with Crippen molar-refractivity contribution in [3.8, 4) is 0 Å². The van der Waals surface area contributed by atoms with Crippen molar-refractivity contribution >= 4 is 24.1 Å². The summed E-state index contributed by atoms with van der Waals surface area (Å²) in [6.45, 7) is 3.16. The van der Waals surface area contributed by atoms with Crippen LogP contribution in [0.5, 0.6) is 0 Å². The van der Waals surface area contributed by atoms with Gasteiger partial charge in [0.15, 0.2) is 5.78 Å². The molecule has 1 aromatic rings. The fourth-order valence-corrected chi connectivity index (χ4v) is 2.85. The van der Waals surface area contributed by atoms with Crippen LogP contribution in [0.25, 0.3) is 0 Å². The van der Waals surface area contributed by atoms with Gasteiger partial charge in [-0.05, 0) is 30.9 Å². The first-order valence-electron chi connectivity index (χ1n) is 11.6. The van der Waals surface area contributed by atoms with Crippen molar-refractivity contribution in [2.45, 2.75) is 52.0 Å². The van der Waals surface area contributed by atoms with E-state index in [2.05, 4.69) is 16.0 Å². The summed E-state index contributed by atoms with van der Waals surface area (Å²) in [7, 11) is 1.77. The summed E-state index contributed by atoms with van der Waals surface area (Å²) < 4.78 is 10.3. The quantitative estimate of drug-likeness (QED) is 0.169. The lowest BCUT2D eigenvalue weighted by atomic mass is 10.1. The Labute approximate surface area is 201 Å². The van der Waals surface area contributed by atoms with Gasteiger partial charge in [0, 0.05) is 51.2 Å². The minimum absolute atomic E-state index is 0.0264. The zero-order chi connectivity index (χ0) is 25.0. The maximum Gasteiger partial charge on any atom is 0.407 e. The number of ether oxygens (including phenoxy) is 2. The van der Waals surface area contributed by atoms with Crippen LogP contribution >= 0.6 is 0 Å². The van der Waals surface area contributed by atoms with E-state index in [1.165, 1.54) is 0 Å². The Morgan fingerprint density at radius 2 is 1.68 bits per heavy atom. The molecule has 9 heteroatoms. The van der Waals surface area contributed by atoms with Crippen molar-refractivity contribution in [1.29, 1.82) is 0 Å². The summed E-state index contributed by atoms with van der Waals surface area (Å²) in [6, 6.07) is 7.52. The fourth-order valence-electron chi connectivity index (χ4n) is 2.85. The highest BCUT2D eigenvalue weighted by atomic mass is 16.5. The smallest absolute Gasteiger partial charge is 0.407 e. The Morgan fingerprint density at radius 3 is 2.38 bits per heavy atom. The predicted octanol–water partition coefficient (Wildman–Crippen LogP) is 2.43. The van der Waals surface area contributed by atoms with Crippen LogP contribution in [0.4, 0.5) is 4.79 Å². The molecule has 0 aliphatic rings. The van der Waals surface area contributed by atoms with Crippen LogP contribution in [0, 0.1) is 0 Å². The van der Waals surface area contributed by atoms with Crippen molar-refractivity contribution in [2.75, 3.05) is 33.4 Å². The Balaban J connectivity index is 2.08. The van der Waals surface area contributed by atoms with E-state index in [9.17, 15) is 19.2 Å². The van der Waals surface area contributed by atoms with Gasteiger partial charge in [-0.15, -0.1) is 0 Å².